The zero-order valence-corrected chi connectivity index (χ0v) is 9.23. The highest BCUT2D eigenvalue weighted by molar-refractivity contribution is 5.51. The van der Waals surface area contributed by atoms with E-state index >= 15 is 0 Å². The van der Waals surface area contributed by atoms with Crippen molar-refractivity contribution in [1.29, 1.82) is 0 Å². The molecule has 15 heavy (non-hydrogen) atoms. The van der Waals surface area contributed by atoms with Crippen LogP contribution in [-0.4, -0.2) is 49.2 Å². The number of nitrogens with zero attached hydrogens (tertiary/aromatic N) is 3. The third-order valence-corrected chi connectivity index (χ3v) is 1.78. The number of nitrogen functional groups attached to an aromatic ring is 1. The molecule has 0 bridgehead atoms. The largest absolute Gasteiger partial charge is 0.489 e. The van der Waals surface area contributed by atoms with E-state index in [0.717, 1.165) is 6.54 Å². The molecule has 0 unspecified atom stereocenters. The number of rotatable bonds is 5. The van der Waals surface area contributed by atoms with Crippen LogP contribution >= 0.6 is 0 Å². The molecule has 0 aliphatic heterocycles. The van der Waals surface area contributed by atoms with Crippen molar-refractivity contribution in [2.45, 2.75) is 0 Å². The number of likely N-dealkylation sites (N-methyl/N-ethyl adjacent to an activating group) is 1. The van der Waals surface area contributed by atoms with Crippen LogP contribution in [0.4, 0.5) is 5.82 Å². The molecule has 0 radical (unpaired) electrons. The maximum atomic E-state index is 5.60. The summed E-state index contributed by atoms with van der Waals surface area (Å²) in [6.07, 6.45) is 1.35. The summed E-state index contributed by atoms with van der Waals surface area (Å²) >= 11 is 0. The molecule has 0 spiro atoms. The van der Waals surface area contributed by atoms with Gasteiger partial charge < -0.3 is 20.1 Å². The minimum Gasteiger partial charge on any atom is -0.489 e. The number of aromatic nitrogens is 2. The molecule has 1 rings (SSSR count). The summed E-state index contributed by atoms with van der Waals surface area (Å²) in [6, 6.07) is 0. The maximum absolute atomic E-state index is 5.60. The van der Waals surface area contributed by atoms with Crippen molar-refractivity contribution in [2.24, 2.45) is 0 Å². The first kappa shape index (κ1) is 11.5. The van der Waals surface area contributed by atoms with E-state index in [2.05, 4.69) is 9.97 Å². The Labute approximate surface area is 89.0 Å². The summed E-state index contributed by atoms with van der Waals surface area (Å²) < 4.78 is 10.5. The number of methoxy groups -OCH3 is 1. The van der Waals surface area contributed by atoms with Gasteiger partial charge >= 0.3 is 0 Å². The van der Waals surface area contributed by atoms with Crippen LogP contribution < -0.4 is 15.2 Å². The van der Waals surface area contributed by atoms with E-state index in [9.17, 15) is 0 Å². The van der Waals surface area contributed by atoms with Crippen LogP contribution in [0.1, 0.15) is 0 Å². The van der Waals surface area contributed by atoms with Gasteiger partial charge in [0.1, 0.15) is 12.9 Å². The number of nitrogens with two attached hydrogens (primary N) is 1. The molecule has 84 valence electrons. The number of anilines is 1. The minimum absolute atomic E-state index is 0.285. The van der Waals surface area contributed by atoms with Crippen molar-refractivity contribution in [2.75, 3.05) is 40.1 Å². The predicted octanol–water partition coefficient (Wildman–Crippen LogP) is 0.00780. The van der Waals surface area contributed by atoms with Crippen molar-refractivity contribution in [1.82, 2.24) is 14.9 Å². The Bertz CT molecular complexity index is 317. The summed E-state index contributed by atoms with van der Waals surface area (Å²) in [4.78, 5) is 9.77. The van der Waals surface area contributed by atoms with Crippen LogP contribution in [0.25, 0.3) is 0 Å². The minimum atomic E-state index is 0.285. The number of hydrogen-bond acceptors (Lipinski definition) is 6. The van der Waals surface area contributed by atoms with Crippen molar-refractivity contribution >= 4 is 5.82 Å². The van der Waals surface area contributed by atoms with Gasteiger partial charge in [0, 0.05) is 6.54 Å². The van der Waals surface area contributed by atoms with E-state index in [-0.39, 0.29) is 5.82 Å². The van der Waals surface area contributed by atoms with E-state index in [1.54, 1.807) is 0 Å². The number of ether oxygens (including phenoxy) is 2. The number of hydrogen-bond donors (Lipinski definition) is 1. The highest BCUT2D eigenvalue weighted by atomic mass is 16.5. The van der Waals surface area contributed by atoms with Crippen molar-refractivity contribution in [3.05, 3.63) is 6.33 Å². The Morgan fingerprint density at radius 1 is 1.40 bits per heavy atom. The second kappa shape index (κ2) is 5.35. The quantitative estimate of drug-likeness (QED) is 0.741. The normalized spacial score (nSPS) is 10.4. The topological polar surface area (TPSA) is 73.5 Å². The molecule has 6 nitrogen and oxygen atoms in total. The Kier molecular flexibility index (Phi) is 4.11. The molecule has 0 amide bonds. The van der Waals surface area contributed by atoms with E-state index < -0.39 is 0 Å². The zero-order chi connectivity index (χ0) is 11.3. The predicted molar refractivity (Wildman–Crippen MR) is 57.0 cm³/mol. The van der Waals surface area contributed by atoms with Gasteiger partial charge in [-0.2, -0.15) is 4.98 Å². The van der Waals surface area contributed by atoms with Gasteiger partial charge in [0.05, 0.1) is 7.11 Å². The van der Waals surface area contributed by atoms with Crippen LogP contribution in [-0.2, 0) is 0 Å². The third kappa shape index (κ3) is 3.25. The first-order valence-corrected chi connectivity index (χ1v) is 4.57. The van der Waals surface area contributed by atoms with Gasteiger partial charge in [0.2, 0.25) is 5.75 Å². The van der Waals surface area contributed by atoms with Crippen molar-refractivity contribution in [3.8, 4) is 11.6 Å². The second-order valence-corrected chi connectivity index (χ2v) is 3.25. The van der Waals surface area contributed by atoms with Crippen LogP contribution in [0.2, 0.25) is 0 Å². The van der Waals surface area contributed by atoms with Crippen LogP contribution in [0.5, 0.6) is 11.6 Å². The van der Waals surface area contributed by atoms with Crippen molar-refractivity contribution in [3.63, 3.8) is 0 Å². The Morgan fingerprint density at radius 2 is 2.13 bits per heavy atom. The van der Waals surface area contributed by atoms with Gasteiger partial charge in [-0.1, -0.05) is 0 Å². The summed E-state index contributed by atoms with van der Waals surface area (Å²) in [5, 5.41) is 0. The lowest BCUT2D eigenvalue weighted by Gasteiger charge is -2.12. The van der Waals surface area contributed by atoms with E-state index in [1.165, 1.54) is 13.4 Å². The monoisotopic (exact) mass is 212 g/mol. The maximum Gasteiger partial charge on any atom is 0.262 e. The van der Waals surface area contributed by atoms with Crippen LogP contribution in [0, 0.1) is 0 Å². The molecule has 0 atom stereocenters. The molecule has 1 heterocycles. The summed E-state index contributed by atoms with van der Waals surface area (Å²) in [5.74, 6) is 1.05. The molecule has 0 saturated carbocycles. The highest BCUT2D eigenvalue weighted by Crippen LogP contribution is 2.28. The molecule has 0 saturated heterocycles. The average molecular weight is 212 g/mol. The fraction of sp³-hybridized carbons (Fsp3) is 0.556. The van der Waals surface area contributed by atoms with Crippen molar-refractivity contribution < 1.29 is 9.47 Å². The third-order valence-electron chi connectivity index (χ3n) is 1.78. The van der Waals surface area contributed by atoms with Gasteiger partial charge in [-0.25, -0.2) is 4.98 Å². The van der Waals surface area contributed by atoms with Gasteiger partial charge in [-0.15, -0.1) is 0 Å². The van der Waals surface area contributed by atoms with Crippen LogP contribution in [0.3, 0.4) is 0 Å². The zero-order valence-electron chi connectivity index (χ0n) is 9.23. The van der Waals surface area contributed by atoms with Gasteiger partial charge in [0.25, 0.3) is 5.88 Å². The molecule has 0 aliphatic rings. The summed E-state index contributed by atoms with van der Waals surface area (Å²) in [6.45, 7) is 1.33. The SMILES string of the molecule is COc1c(N)ncnc1OCCN(C)C. The standard InChI is InChI=1S/C9H16N4O2/c1-13(2)4-5-15-9-7(14-3)8(10)11-6-12-9/h6H,4-5H2,1-3H3,(H2,10,11,12). The van der Waals surface area contributed by atoms with E-state index in [0.29, 0.717) is 18.2 Å². The second-order valence-electron chi connectivity index (χ2n) is 3.25. The van der Waals surface area contributed by atoms with Gasteiger partial charge in [-0.3, -0.25) is 0 Å². The molecule has 0 aliphatic carbocycles. The summed E-state index contributed by atoms with van der Waals surface area (Å²) in [7, 11) is 5.44. The fourth-order valence-corrected chi connectivity index (χ4v) is 0.990. The highest BCUT2D eigenvalue weighted by Gasteiger charge is 2.10. The lowest BCUT2D eigenvalue weighted by Crippen LogP contribution is -2.20. The Hall–Kier alpha value is -1.56. The Balaban J connectivity index is 2.64. The molecular formula is C9H16N4O2. The molecule has 1 aromatic heterocycles. The molecule has 6 heteroatoms. The summed E-state index contributed by atoms with van der Waals surface area (Å²) in [5.41, 5.74) is 5.60. The van der Waals surface area contributed by atoms with Gasteiger partial charge in [0.15, 0.2) is 5.82 Å². The molecule has 0 fully saturated rings. The molecule has 0 aromatic carbocycles. The Morgan fingerprint density at radius 3 is 2.73 bits per heavy atom. The lowest BCUT2D eigenvalue weighted by atomic mass is 10.5. The fourth-order valence-electron chi connectivity index (χ4n) is 0.990. The average Bonchev–Trinajstić information content (AvgIpc) is 2.17. The smallest absolute Gasteiger partial charge is 0.262 e. The molecule has 2 N–H and O–H groups in total. The van der Waals surface area contributed by atoms with E-state index in [4.69, 9.17) is 15.2 Å². The van der Waals surface area contributed by atoms with E-state index in [1.807, 2.05) is 19.0 Å². The lowest BCUT2D eigenvalue weighted by molar-refractivity contribution is 0.242. The molecular weight excluding hydrogens is 196 g/mol. The molecule has 1 aromatic rings. The van der Waals surface area contributed by atoms with Crippen LogP contribution in [0.15, 0.2) is 6.33 Å². The first-order valence-electron chi connectivity index (χ1n) is 4.57. The van der Waals surface area contributed by atoms with Gasteiger partial charge in [-0.05, 0) is 14.1 Å². The first-order chi connectivity index (χ1) is 7.15.